The monoisotopic (exact) mass is 288 g/mol. The van der Waals surface area contributed by atoms with Crippen LogP contribution >= 0.6 is 0 Å². The van der Waals surface area contributed by atoms with Gasteiger partial charge in [0.25, 0.3) is 5.56 Å². The molecule has 0 spiro atoms. The Bertz CT molecular complexity index is 753. The van der Waals surface area contributed by atoms with Gasteiger partial charge in [0.2, 0.25) is 0 Å². The molecule has 1 atom stereocenters. The number of anilines is 1. The van der Waals surface area contributed by atoms with Crippen LogP contribution in [0.2, 0.25) is 0 Å². The number of hydrogen-bond acceptors (Lipinski definition) is 4. The minimum absolute atomic E-state index is 0.145. The number of aromatic nitrogens is 1. The van der Waals surface area contributed by atoms with Crippen molar-refractivity contribution in [2.75, 3.05) is 11.9 Å². The number of carbonyl (C=O) groups excluding carboxylic acids is 1. The fraction of sp³-hybridized carbons (Fsp3) is 0.200. The summed E-state index contributed by atoms with van der Waals surface area (Å²) < 4.78 is 14.3. The Hall–Kier alpha value is -2.47. The quantitative estimate of drug-likeness (QED) is 0.809. The van der Waals surface area contributed by atoms with Gasteiger partial charge >= 0.3 is 0 Å². The molecule has 2 heterocycles. The van der Waals surface area contributed by atoms with E-state index in [1.807, 2.05) is 0 Å². The molecule has 0 radical (unpaired) electrons. The zero-order valence-corrected chi connectivity index (χ0v) is 11.0. The van der Waals surface area contributed by atoms with Crippen molar-refractivity contribution in [3.05, 3.63) is 63.7 Å². The Morgan fingerprint density at radius 1 is 1.24 bits per heavy atom. The number of aliphatic hydroxyl groups is 1. The third kappa shape index (κ3) is 2.45. The molecule has 0 amide bonds. The summed E-state index contributed by atoms with van der Waals surface area (Å²) in [6, 6.07) is 7.97. The van der Waals surface area contributed by atoms with Gasteiger partial charge in [0, 0.05) is 18.2 Å². The molecular weight excluding hydrogens is 275 g/mol. The SMILES string of the molecule is O=C(c1ccc(F)cc1)c1ccc(=O)n2c1NCC(O)C2. The fourth-order valence-corrected chi connectivity index (χ4v) is 2.38. The molecule has 1 aliphatic rings. The maximum atomic E-state index is 12.9. The van der Waals surface area contributed by atoms with Crippen molar-refractivity contribution in [1.82, 2.24) is 4.57 Å². The van der Waals surface area contributed by atoms with E-state index >= 15 is 0 Å². The number of rotatable bonds is 2. The van der Waals surface area contributed by atoms with Crippen LogP contribution in [0.4, 0.5) is 10.2 Å². The van der Waals surface area contributed by atoms with Crippen LogP contribution in [0.25, 0.3) is 0 Å². The molecule has 5 nitrogen and oxygen atoms in total. The molecule has 2 N–H and O–H groups in total. The number of nitrogens with one attached hydrogen (secondary N) is 1. The summed E-state index contributed by atoms with van der Waals surface area (Å²) in [5, 5.41) is 12.5. The second-order valence-electron chi connectivity index (χ2n) is 4.92. The normalized spacial score (nSPS) is 17.0. The van der Waals surface area contributed by atoms with Gasteiger partial charge in [-0.05, 0) is 30.3 Å². The van der Waals surface area contributed by atoms with E-state index in [9.17, 15) is 19.1 Å². The Balaban J connectivity index is 2.07. The molecule has 6 heteroatoms. The summed E-state index contributed by atoms with van der Waals surface area (Å²) >= 11 is 0. The van der Waals surface area contributed by atoms with E-state index in [0.717, 1.165) is 0 Å². The van der Waals surface area contributed by atoms with Crippen LogP contribution in [0.3, 0.4) is 0 Å². The van der Waals surface area contributed by atoms with Gasteiger partial charge in [-0.15, -0.1) is 0 Å². The highest BCUT2D eigenvalue weighted by molar-refractivity contribution is 6.11. The first-order valence-electron chi connectivity index (χ1n) is 6.52. The summed E-state index contributed by atoms with van der Waals surface area (Å²) in [6.07, 6.45) is -0.675. The van der Waals surface area contributed by atoms with Gasteiger partial charge in [-0.2, -0.15) is 0 Å². The summed E-state index contributed by atoms with van der Waals surface area (Å²) in [4.78, 5) is 24.3. The Kier molecular flexibility index (Phi) is 3.31. The van der Waals surface area contributed by atoms with Crippen LogP contribution in [-0.2, 0) is 6.54 Å². The predicted molar refractivity (Wildman–Crippen MR) is 75.0 cm³/mol. The average Bonchev–Trinajstić information content (AvgIpc) is 2.48. The lowest BCUT2D eigenvalue weighted by Crippen LogP contribution is -2.38. The van der Waals surface area contributed by atoms with Crippen molar-refractivity contribution in [3.8, 4) is 0 Å². The van der Waals surface area contributed by atoms with Gasteiger partial charge in [0.05, 0.1) is 18.2 Å². The summed E-state index contributed by atoms with van der Waals surface area (Å²) in [5.74, 6) is -0.330. The summed E-state index contributed by atoms with van der Waals surface area (Å²) in [6.45, 7) is 0.416. The van der Waals surface area contributed by atoms with E-state index < -0.39 is 11.9 Å². The molecule has 0 bridgehead atoms. The Morgan fingerprint density at radius 2 is 1.95 bits per heavy atom. The topological polar surface area (TPSA) is 71.3 Å². The van der Waals surface area contributed by atoms with Crippen LogP contribution in [0, 0.1) is 5.82 Å². The van der Waals surface area contributed by atoms with Crippen molar-refractivity contribution in [1.29, 1.82) is 0 Å². The van der Waals surface area contributed by atoms with E-state index in [1.54, 1.807) is 0 Å². The number of ketones is 1. The molecule has 0 saturated heterocycles. The maximum absolute atomic E-state index is 12.9. The van der Waals surface area contributed by atoms with Gasteiger partial charge in [0.1, 0.15) is 11.6 Å². The first-order valence-corrected chi connectivity index (χ1v) is 6.52. The van der Waals surface area contributed by atoms with Crippen molar-refractivity contribution in [2.24, 2.45) is 0 Å². The lowest BCUT2D eigenvalue weighted by Gasteiger charge is -2.25. The number of halogens is 1. The number of fused-ring (bicyclic) bond motifs is 1. The predicted octanol–water partition coefficient (Wildman–Crippen LogP) is 1.00. The second-order valence-corrected chi connectivity index (χ2v) is 4.92. The molecular formula is C15H13FN2O3. The lowest BCUT2D eigenvalue weighted by atomic mass is 10.0. The number of carbonyl (C=O) groups is 1. The standard InChI is InChI=1S/C15H13FN2O3/c16-10-3-1-9(2-4-10)14(21)12-5-6-13(20)18-8-11(19)7-17-15(12)18/h1-6,11,17,19H,7-8H2. The molecule has 1 aromatic carbocycles. The molecule has 0 aliphatic carbocycles. The minimum Gasteiger partial charge on any atom is -0.389 e. The second kappa shape index (κ2) is 5.14. The molecule has 0 fully saturated rings. The van der Waals surface area contributed by atoms with Crippen LogP contribution < -0.4 is 10.9 Å². The lowest BCUT2D eigenvalue weighted by molar-refractivity contribution is 0.103. The molecule has 3 rings (SSSR count). The number of pyridine rings is 1. The third-order valence-corrected chi connectivity index (χ3v) is 3.43. The fourth-order valence-electron chi connectivity index (χ4n) is 2.38. The number of β-amino-alcohol motifs (C(OH)–C–C–N with tert-alkyl or cyclic N) is 1. The van der Waals surface area contributed by atoms with E-state index in [4.69, 9.17) is 0 Å². The van der Waals surface area contributed by atoms with Crippen molar-refractivity contribution >= 4 is 11.6 Å². The van der Waals surface area contributed by atoms with E-state index in [1.165, 1.54) is 41.0 Å². The first-order chi connectivity index (χ1) is 10.1. The number of aliphatic hydroxyl groups excluding tert-OH is 1. The number of benzene rings is 1. The molecule has 1 unspecified atom stereocenters. The summed E-state index contributed by atoms with van der Waals surface area (Å²) in [5.41, 5.74) is 0.380. The van der Waals surface area contributed by atoms with Crippen molar-refractivity contribution < 1.29 is 14.3 Å². The van der Waals surface area contributed by atoms with Crippen LogP contribution in [0.15, 0.2) is 41.2 Å². The smallest absolute Gasteiger partial charge is 0.252 e. The minimum atomic E-state index is -0.675. The largest absolute Gasteiger partial charge is 0.389 e. The zero-order chi connectivity index (χ0) is 15.0. The van der Waals surface area contributed by atoms with E-state index in [2.05, 4.69) is 5.32 Å². The molecule has 21 heavy (non-hydrogen) atoms. The maximum Gasteiger partial charge on any atom is 0.252 e. The highest BCUT2D eigenvalue weighted by Gasteiger charge is 2.23. The third-order valence-electron chi connectivity index (χ3n) is 3.43. The average molecular weight is 288 g/mol. The van der Waals surface area contributed by atoms with Gasteiger partial charge in [-0.1, -0.05) is 0 Å². The van der Waals surface area contributed by atoms with Gasteiger partial charge in [-0.25, -0.2) is 4.39 Å². The molecule has 108 valence electrons. The van der Waals surface area contributed by atoms with Crippen LogP contribution in [0.5, 0.6) is 0 Å². The highest BCUT2D eigenvalue weighted by atomic mass is 19.1. The molecule has 1 aliphatic heterocycles. The van der Waals surface area contributed by atoms with Crippen molar-refractivity contribution in [2.45, 2.75) is 12.6 Å². The Labute approximate surface area is 119 Å². The van der Waals surface area contributed by atoms with Crippen molar-refractivity contribution in [3.63, 3.8) is 0 Å². The summed E-state index contributed by atoms with van der Waals surface area (Å²) in [7, 11) is 0. The molecule has 2 aromatic rings. The number of hydrogen-bond donors (Lipinski definition) is 2. The van der Waals surface area contributed by atoms with Gasteiger partial charge in [0.15, 0.2) is 5.78 Å². The van der Waals surface area contributed by atoms with E-state index in [0.29, 0.717) is 16.9 Å². The first kappa shape index (κ1) is 13.5. The zero-order valence-electron chi connectivity index (χ0n) is 11.0. The van der Waals surface area contributed by atoms with Gasteiger partial charge < -0.3 is 10.4 Å². The highest BCUT2D eigenvalue weighted by Crippen LogP contribution is 2.21. The van der Waals surface area contributed by atoms with Gasteiger partial charge in [-0.3, -0.25) is 14.2 Å². The van der Waals surface area contributed by atoms with E-state index in [-0.39, 0.29) is 24.4 Å². The van der Waals surface area contributed by atoms with Crippen LogP contribution in [0.1, 0.15) is 15.9 Å². The molecule has 0 saturated carbocycles. The number of nitrogens with zero attached hydrogens (tertiary/aromatic N) is 1. The molecule has 1 aromatic heterocycles. The van der Waals surface area contributed by atoms with Crippen LogP contribution in [-0.4, -0.2) is 28.1 Å². The Morgan fingerprint density at radius 3 is 2.67 bits per heavy atom.